The Hall–Kier alpha value is -1.84. The van der Waals surface area contributed by atoms with Crippen LogP contribution in [0.4, 0.5) is 0 Å². The molecule has 0 radical (unpaired) electrons. The van der Waals surface area contributed by atoms with Crippen LogP contribution in [-0.4, -0.2) is 6.10 Å². The maximum Gasteiger partial charge on any atom is 0.119 e. The Morgan fingerprint density at radius 2 is 1.95 bits per heavy atom. The fourth-order valence-corrected chi connectivity index (χ4v) is 2.50. The standard InChI is InChI=1S/C18H22N2O/c1-13-3-2-4-14(11-13)12-18(20-19)15-5-7-16(8-6-15)21-17-9-10-17/h2-8,11,17-18,20H,9-10,12,19H2,1H3. The number of rotatable bonds is 6. The molecule has 0 heterocycles. The van der Waals surface area contributed by atoms with E-state index in [2.05, 4.69) is 48.7 Å². The Bertz CT molecular complexity index is 590. The highest BCUT2D eigenvalue weighted by molar-refractivity contribution is 5.31. The van der Waals surface area contributed by atoms with Gasteiger partial charge in [-0.05, 0) is 49.4 Å². The molecule has 3 heteroatoms. The van der Waals surface area contributed by atoms with Crippen molar-refractivity contribution in [1.82, 2.24) is 5.43 Å². The Morgan fingerprint density at radius 3 is 2.57 bits per heavy atom. The first-order chi connectivity index (χ1) is 10.2. The number of aryl methyl sites for hydroxylation is 1. The number of ether oxygens (including phenoxy) is 1. The minimum Gasteiger partial charge on any atom is -0.490 e. The summed E-state index contributed by atoms with van der Waals surface area (Å²) in [6.07, 6.45) is 3.68. The molecule has 3 N–H and O–H groups in total. The zero-order valence-electron chi connectivity index (χ0n) is 12.4. The summed E-state index contributed by atoms with van der Waals surface area (Å²) in [6, 6.07) is 16.9. The number of hydrogen-bond donors (Lipinski definition) is 2. The number of hydrogen-bond acceptors (Lipinski definition) is 3. The van der Waals surface area contributed by atoms with Gasteiger partial charge in [-0.2, -0.15) is 0 Å². The number of nitrogens with one attached hydrogen (secondary N) is 1. The molecule has 1 fully saturated rings. The largest absolute Gasteiger partial charge is 0.490 e. The van der Waals surface area contributed by atoms with E-state index in [1.54, 1.807) is 0 Å². The van der Waals surface area contributed by atoms with Gasteiger partial charge in [-0.3, -0.25) is 11.3 Å². The van der Waals surface area contributed by atoms with Gasteiger partial charge in [0.1, 0.15) is 5.75 Å². The van der Waals surface area contributed by atoms with Crippen LogP contribution in [0.2, 0.25) is 0 Å². The summed E-state index contributed by atoms with van der Waals surface area (Å²) in [5, 5.41) is 0. The van der Waals surface area contributed by atoms with Crippen LogP contribution in [0, 0.1) is 6.92 Å². The van der Waals surface area contributed by atoms with Crippen molar-refractivity contribution in [2.24, 2.45) is 5.84 Å². The van der Waals surface area contributed by atoms with Crippen molar-refractivity contribution in [2.75, 3.05) is 0 Å². The van der Waals surface area contributed by atoms with Crippen molar-refractivity contribution in [1.29, 1.82) is 0 Å². The highest BCUT2D eigenvalue weighted by atomic mass is 16.5. The van der Waals surface area contributed by atoms with E-state index in [0.717, 1.165) is 12.2 Å². The summed E-state index contributed by atoms with van der Waals surface area (Å²) in [6.45, 7) is 2.11. The topological polar surface area (TPSA) is 47.3 Å². The quantitative estimate of drug-likeness (QED) is 0.631. The summed E-state index contributed by atoms with van der Waals surface area (Å²) >= 11 is 0. The lowest BCUT2D eigenvalue weighted by atomic mass is 9.98. The minimum atomic E-state index is 0.113. The lowest BCUT2D eigenvalue weighted by molar-refractivity contribution is 0.303. The molecule has 0 saturated heterocycles. The zero-order valence-corrected chi connectivity index (χ0v) is 12.4. The van der Waals surface area contributed by atoms with Crippen molar-refractivity contribution in [3.05, 3.63) is 65.2 Å². The van der Waals surface area contributed by atoms with Crippen molar-refractivity contribution < 1.29 is 4.74 Å². The number of benzene rings is 2. The van der Waals surface area contributed by atoms with Gasteiger partial charge in [0, 0.05) is 6.04 Å². The van der Waals surface area contributed by atoms with Crippen LogP contribution >= 0.6 is 0 Å². The van der Waals surface area contributed by atoms with Crippen LogP contribution in [0.3, 0.4) is 0 Å². The average molecular weight is 282 g/mol. The smallest absolute Gasteiger partial charge is 0.119 e. The van der Waals surface area contributed by atoms with Gasteiger partial charge in [-0.1, -0.05) is 42.0 Å². The SMILES string of the molecule is Cc1cccc(CC(NN)c2ccc(OC3CC3)cc2)c1. The van der Waals surface area contributed by atoms with Crippen molar-refractivity contribution in [2.45, 2.75) is 38.3 Å². The molecule has 1 atom stereocenters. The first-order valence-electron chi connectivity index (χ1n) is 7.53. The lowest BCUT2D eigenvalue weighted by Gasteiger charge is -2.17. The fourth-order valence-electron chi connectivity index (χ4n) is 2.50. The molecule has 0 bridgehead atoms. The zero-order chi connectivity index (χ0) is 14.7. The normalized spacial score (nSPS) is 15.7. The van der Waals surface area contributed by atoms with E-state index in [9.17, 15) is 0 Å². The van der Waals surface area contributed by atoms with E-state index in [1.165, 1.54) is 29.5 Å². The van der Waals surface area contributed by atoms with E-state index in [1.807, 2.05) is 12.1 Å². The Kier molecular flexibility index (Phi) is 4.23. The molecule has 1 aliphatic rings. The second kappa shape index (κ2) is 6.29. The molecule has 2 aromatic rings. The van der Waals surface area contributed by atoms with Crippen LogP contribution in [0.15, 0.2) is 48.5 Å². The maximum absolute atomic E-state index is 5.78. The predicted molar refractivity (Wildman–Crippen MR) is 85.0 cm³/mol. The van der Waals surface area contributed by atoms with Gasteiger partial charge in [-0.25, -0.2) is 0 Å². The molecule has 0 aromatic heterocycles. The van der Waals surface area contributed by atoms with Crippen molar-refractivity contribution in [3.8, 4) is 5.75 Å². The Balaban J connectivity index is 1.69. The van der Waals surface area contributed by atoms with Gasteiger partial charge in [0.15, 0.2) is 0 Å². The van der Waals surface area contributed by atoms with Gasteiger partial charge in [0.2, 0.25) is 0 Å². The average Bonchev–Trinajstić information content (AvgIpc) is 3.30. The molecule has 1 saturated carbocycles. The van der Waals surface area contributed by atoms with Gasteiger partial charge in [-0.15, -0.1) is 0 Å². The summed E-state index contributed by atoms with van der Waals surface area (Å²) in [5.74, 6) is 6.69. The second-order valence-corrected chi connectivity index (χ2v) is 5.80. The van der Waals surface area contributed by atoms with Crippen molar-refractivity contribution >= 4 is 0 Å². The molecule has 2 aromatic carbocycles. The second-order valence-electron chi connectivity index (χ2n) is 5.80. The summed E-state index contributed by atoms with van der Waals surface area (Å²) in [5.41, 5.74) is 6.66. The predicted octanol–water partition coefficient (Wildman–Crippen LogP) is 3.28. The van der Waals surface area contributed by atoms with Crippen molar-refractivity contribution in [3.63, 3.8) is 0 Å². The Morgan fingerprint density at radius 1 is 1.19 bits per heavy atom. The molecule has 0 aliphatic heterocycles. The molecule has 1 unspecified atom stereocenters. The van der Waals surface area contributed by atoms with Gasteiger partial charge >= 0.3 is 0 Å². The molecule has 0 amide bonds. The fraction of sp³-hybridized carbons (Fsp3) is 0.333. The molecule has 110 valence electrons. The highest BCUT2D eigenvalue weighted by Crippen LogP contribution is 2.28. The third kappa shape index (κ3) is 3.84. The van der Waals surface area contributed by atoms with Gasteiger partial charge < -0.3 is 4.74 Å². The van der Waals surface area contributed by atoms with Gasteiger partial charge in [0.25, 0.3) is 0 Å². The highest BCUT2D eigenvalue weighted by Gasteiger charge is 2.23. The lowest BCUT2D eigenvalue weighted by Crippen LogP contribution is -2.29. The number of hydrazine groups is 1. The maximum atomic E-state index is 5.78. The summed E-state index contributed by atoms with van der Waals surface area (Å²) < 4.78 is 5.78. The van der Waals surface area contributed by atoms with Crippen LogP contribution < -0.4 is 16.0 Å². The number of nitrogens with two attached hydrogens (primary N) is 1. The Labute approximate surface area is 126 Å². The van der Waals surface area contributed by atoms with Crippen LogP contribution in [0.5, 0.6) is 5.75 Å². The molecule has 3 nitrogen and oxygen atoms in total. The molecule has 21 heavy (non-hydrogen) atoms. The molecular formula is C18H22N2O. The molecule has 3 rings (SSSR count). The summed E-state index contributed by atoms with van der Waals surface area (Å²) in [7, 11) is 0. The summed E-state index contributed by atoms with van der Waals surface area (Å²) in [4.78, 5) is 0. The van der Waals surface area contributed by atoms with Gasteiger partial charge in [0.05, 0.1) is 6.10 Å². The third-order valence-corrected chi connectivity index (χ3v) is 3.83. The first kappa shape index (κ1) is 14.1. The molecule has 1 aliphatic carbocycles. The molecular weight excluding hydrogens is 260 g/mol. The van der Waals surface area contributed by atoms with E-state index in [4.69, 9.17) is 10.6 Å². The molecule has 0 spiro atoms. The monoisotopic (exact) mass is 282 g/mol. The van der Waals surface area contributed by atoms with Crippen LogP contribution in [-0.2, 0) is 6.42 Å². The van der Waals surface area contributed by atoms with E-state index in [0.29, 0.717) is 6.10 Å². The third-order valence-electron chi connectivity index (χ3n) is 3.83. The van der Waals surface area contributed by atoms with E-state index >= 15 is 0 Å². The van der Waals surface area contributed by atoms with E-state index < -0.39 is 0 Å². The van der Waals surface area contributed by atoms with Crippen LogP contribution in [0.1, 0.15) is 35.6 Å². The first-order valence-corrected chi connectivity index (χ1v) is 7.53. The minimum absolute atomic E-state index is 0.113. The van der Waals surface area contributed by atoms with Crippen LogP contribution in [0.25, 0.3) is 0 Å². The van der Waals surface area contributed by atoms with E-state index in [-0.39, 0.29) is 6.04 Å².